The highest BCUT2D eigenvalue weighted by atomic mass is 35.5. The van der Waals surface area contributed by atoms with Crippen LogP contribution in [0.25, 0.3) is 22.8 Å². The summed E-state index contributed by atoms with van der Waals surface area (Å²) in [4.78, 5) is 4.46. The molecule has 0 unspecified atom stereocenters. The second kappa shape index (κ2) is 6.79. The first-order valence-corrected chi connectivity index (χ1v) is 8.18. The lowest BCUT2D eigenvalue weighted by Crippen LogP contribution is -1.89. The lowest BCUT2D eigenvalue weighted by molar-refractivity contribution is 0.432. The van der Waals surface area contributed by atoms with Gasteiger partial charge in [0.05, 0.1) is 0 Å². The SMILES string of the molecule is Clc1cccc(Nc2ccc(-c3nc(-c4ccccc4)no3)cc2)c1. The summed E-state index contributed by atoms with van der Waals surface area (Å²) in [7, 11) is 0. The summed E-state index contributed by atoms with van der Waals surface area (Å²) in [5, 5.41) is 8.04. The third-order valence-electron chi connectivity index (χ3n) is 3.70. The van der Waals surface area contributed by atoms with Crippen LogP contribution in [-0.2, 0) is 0 Å². The summed E-state index contributed by atoms with van der Waals surface area (Å²) >= 11 is 6.00. The molecule has 0 radical (unpaired) electrons. The van der Waals surface area contributed by atoms with E-state index in [1.165, 1.54) is 0 Å². The van der Waals surface area contributed by atoms with Gasteiger partial charge in [0.15, 0.2) is 0 Å². The van der Waals surface area contributed by atoms with Crippen LogP contribution in [0.5, 0.6) is 0 Å². The van der Waals surface area contributed by atoms with Crippen molar-refractivity contribution in [1.82, 2.24) is 10.1 Å². The van der Waals surface area contributed by atoms with Crippen LogP contribution in [0.1, 0.15) is 0 Å². The van der Waals surface area contributed by atoms with Crippen LogP contribution in [0.15, 0.2) is 83.4 Å². The topological polar surface area (TPSA) is 51.0 Å². The fraction of sp³-hybridized carbons (Fsp3) is 0. The van der Waals surface area contributed by atoms with E-state index in [1.54, 1.807) is 0 Å². The van der Waals surface area contributed by atoms with Crippen LogP contribution in [0.4, 0.5) is 11.4 Å². The zero-order valence-electron chi connectivity index (χ0n) is 13.2. The van der Waals surface area contributed by atoms with Crippen molar-refractivity contribution in [3.63, 3.8) is 0 Å². The Balaban J connectivity index is 1.53. The molecule has 4 nitrogen and oxygen atoms in total. The molecular formula is C20H14ClN3O. The molecule has 1 aromatic heterocycles. The van der Waals surface area contributed by atoms with Crippen LogP contribution in [0.3, 0.4) is 0 Å². The van der Waals surface area contributed by atoms with Gasteiger partial charge in [-0.1, -0.05) is 53.2 Å². The highest BCUT2D eigenvalue weighted by molar-refractivity contribution is 6.30. The molecule has 0 aliphatic heterocycles. The predicted molar refractivity (Wildman–Crippen MR) is 99.9 cm³/mol. The molecule has 0 aliphatic rings. The Morgan fingerprint density at radius 2 is 1.56 bits per heavy atom. The van der Waals surface area contributed by atoms with Crippen molar-refractivity contribution < 1.29 is 4.52 Å². The maximum atomic E-state index is 6.00. The molecule has 1 N–H and O–H groups in total. The van der Waals surface area contributed by atoms with Crippen LogP contribution in [0.2, 0.25) is 5.02 Å². The first kappa shape index (κ1) is 15.4. The molecule has 122 valence electrons. The normalized spacial score (nSPS) is 10.6. The number of aromatic nitrogens is 2. The number of hydrogen-bond acceptors (Lipinski definition) is 4. The minimum atomic E-state index is 0.494. The molecule has 0 atom stereocenters. The monoisotopic (exact) mass is 347 g/mol. The molecule has 0 bridgehead atoms. The first-order valence-electron chi connectivity index (χ1n) is 7.80. The van der Waals surface area contributed by atoms with Crippen LogP contribution < -0.4 is 5.32 Å². The fourth-order valence-electron chi connectivity index (χ4n) is 2.47. The number of nitrogens with one attached hydrogen (secondary N) is 1. The first-order chi connectivity index (χ1) is 12.3. The molecule has 5 heteroatoms. The minimum absolute atomic E-state index is 0.494. The summed E-state index contributed by atoms with van der Waals surface area (Å²) in [5.41, 5.74) is 3.68. The van der Waals surface area contributed by atoms with Gasteiger partial charge < -0.3 is 9.84 Å². The van der Waals surface area contributed by atoms with Crippen molar-refractivity contribution >= 4 is 23.0 Å². The molecule has 3 aromatic carbocycles. The predicted octanol–water partition coefficient (Wildman–Crippen LogP) is 5.80. The Kier molecular flexibility index (Phi) is 4.19. The van der Waals surface area contributed by atoms with E-state index >= 15 is 0 Å². The van der Waals surface area contributed by atoms with Crippen LogP contribution in [-0.4, -0.2) is 10.1 Å². The van der Waals surface area contributed by atoms with Gasteiger partial charge in [0.1, 0.15) is 0 Å². The third kappa shape index (κ3) is 3.54. The standard InChI is InChI=1S/C20H14ClN3O/c21-16-7-4-8-18(13-16)22-17-11-9-15(10-12-17)20-23-19(24-25-20)14-5-2-1-3-6-14/h1-13,22H. The van der Waals surface area contributed by atoms with Crippen molar-refractivity contribution in [1.29, 1.82) is 0 Å². The Morgan fingerprint density at radius 3 is 2.32 bits per heavy atom. The molecule has 25 heavy (non-hydrogen) atoms. The number of halogens is 1. The van der Waals surface area contributed by atoms with Crippen molar-refractivity contribution in [2.45, 2.75) is 0 Å². The van der Waals surface area contributed by atoms with Crippen LogP contribution in [0, 0.1) is 0 Å². The van der Waals surface area contributed by atoms with Crippen molar-refractivity contribution in [3.8, 4) is 22.8 Å². The quantitative estimate of drug-likeness (QED) is 0.506. The average Bonchev–Trinajstić information content (AvgIpc) is 3.13. The fourth-order valence-corrected chi connectivity index (χ4v) is 2.66. The Hall–Kier alpha value is -3.11. The molecule has 0 fully saturated rings. The second-order valence-electron chi connectivity index (χ2n) is 5.50. The number of nitrogens with zero attached hydrogens (tertiary/aromatic N) is 2. The maximum absolute atomic E-state index is 6.00. The summed E-state index contributed by atoms with van der Waals surface area (Å²) in [6, 6.07) is 25.1. The molecule has 0 saturated heterocycles. The van der Waals surface area contributed by atoms with E-state index in [2.05, 4.69) is 15.5 Å². The molecule has 0 saturated carbocycles. The van der Waals surface area contributed by atoms with Crippen LogP contribution >= 0.6 is 11.6 Å². The lowest BCUT2D eigenvalue weighted by atomic mass is 10.2. The third-order valence-corrected chi connectivity index (χ3v) is 3.94. The van der Waals surface area contributed by atoms with Gasteiger partial charge >= 0.3 is 0 Å². The van der Waals surface area contributed by atoms with E-state index in [9.17, 15) is 0 Å². The van der Waals surface area contributed by atoms with Crippen molar-refractivity contribution in [2.24, 2.45) is 0 Å². The van der Waals surface area contributed by atoms with Gasteiger partial charge in [0, 0.05) is 27.5 Å². The Labute approximate surface area is 150 Å². The van der Waals surface area contributed by atoms with Crippen molar-refractivity contribution in [3.05, 3.63) is 83.9 Å². The molecule has 4 rings (SSSR count). The number of anilines is 2. The summed E-state index contributed by atoms with van der Waals surface area (Å²) in [6.45, 7) is 0. The Bertz CT molecular complexity index is 981. The average molecular weight is 348 g/mol. The molecule has 0 aliphatic carbocycles. The number of benzene rings is 3. The van der Waals surface area contributed by atoms with Gasteiger partial charge in [-0.15, -0.1) is 0 Å². The molecular weight excluding hydrogens is 334 g/mol. The smallest absolute Gasteiger partial charge is 0.258 e. The zero-order valence-corrected chi connectivity index (χ0v) is 13.9. The zero-order chi connectivity index (χ0) is 17.1. The van der Waals surface area contributed by atoms with E-state index < -0.39 is 0 Å². The molecule has 0 amide bonds. The molecule has 1 heterocycles. The van der Waals surface area contributed by atoms with Gasteiger partial charge in [-0.25, -0.2) is 0 Å². The molecule has 0 spiro atoms. The summed E-state index contributed by atoms with van der Waals surface area (Å²) in [5.74, 6) is 1.07. The lowest BCUT2D eigenvalue weighted by Gasteiger charge is -2.06. The van der Waals surface area contributed by atoms with E-state index in [4.69, 9.17) is 16.1 Å². The number of rotatable bonds is 4. The van der Waals surface area contributed by atoms with E-state index in [1.807, 2.05) is 78.9 Å². The largest absolute Gasteiger partial charge is 0.355 e. The van der Waals surface area contributed by atoms with Gasteiger partial charge in [0.2, 0.25) is 5.82 Å². The second-order valence-corrected chi connectivity index (χ2v) is 5.94. The van der Waals surface area contributed by atoms with Gasteiger partial charge in [-0.3, -0.25) is 0 Å². The van der Waals surface area contributed by atoms with Crippen molar-refractivity contribution in [2.75, 3.05) is 5.32 Å². The Morgan fingerprint density at radius 1 is 0.760 bits per heavy atom. The van der Waals surface area contributed by atoms with E-state index in [0.717, 1.165) is 22.5 Å². The highest BCUT2D eigenvalue weighted by Gasteiger charge is 2.10. The van der Waals surface area contributed by atoms with Gasteiger partial charge in [-0.05, 0) is 42.5 Å². The summed E-state index contributed by atoms with van der Waals surface area (Å²) < 4.78 is 5.38. The highest BCUT2D eigenvalue weighted by Crippen LogP contribution is 2.25. The number of hydrogen-bond donors (Lipinski definition) is 1. The van der Waals surface area contributed by atoms with E-state index in [-0.39, 0.29) is 0 Å². The van der Waals surface area contributed by atoms with Gasteiger partial charge in [0.25, 0.3) is 5.89 Å². The molecule has 4 aromatic rings. The van der Waals surface area contributed by atoms with Gasteiger partial charge in [-0.2, -0.15) is 4.98 Å². The summed E-state index contributed by atoms with van der Waals surface area (Å²) in [6.07, 6.45) is 0. The maximum Gasteiger partial charge on any atom is 0.258 e. The minimum Gasteiger partial charge on any atom is -0.355 e. The van der Waals surface area contributed by atoms with E-state index in [0.29, 0.717) is 16.7 Å².